The fourth-order valence-electron chi connectivity index (χ4n) is 2.13. The van der Waals surface area contributed by atoms with Gasteiger partial charge in [0.1, 0.15) is 0 Å². The summed E-state index contributed by atoms with van der Waals surface area (Å²) in [5.74, 6) is 1.71. The first-order chi connectivity index (χ1) is 7.96. The van der Waals surface area contributed by atoms with Crippen molar-refractivity contribution in [2.45, 2.75) is 18.5 Å². The van der Waals surface area contributed by atoms with Crippen molar-refractivity contribution >= 4 is 40.1 Å². The Bertz CT molecular complexity index is 398. The van der Waals surface area contributed by atoms with E-state index in [1.54, 1.807) is 16.7 Å². The van der Waals surface area contributed by atoms with Gasteiger partial charge in [0.15, 0.2) is 0 Å². The van der Waals surface area contributed by atoms with Gasteiger partial charge in [-0.1, -0.05) is 0 Å². The van der Waals surface area contributed by atoms with Crippen molar-refractivity contribution in [2.75, 3.05) is 31.0 Å². The lowest BCUT2D eigenvalue weighted by molar-refractivity contribution is -0.131. The van der Waals surface area contributed by atoms with Crippen molar-refractivity contribution in [3.63, 3.8) is 0 Å². The van der Waals surface area contributed by atoms with Gasteiger partial charge in [0.05, 0.1) is 12.3 Å². The average molecular weight is 316 g/mol. The third-order valence-electron chi connectivity index (χ3n) is 2.90. The first-order valence-electron chi connectivity index (χ1n) is 5.53. The summed E-state index contributed by atoms with van der Waals surface area (Å²) in [4.78, 5) is 13.8. The maximum atomic E-state index is 12.0. The highest BCUT2D eigenvalue weighted by Gasteiger charge is 2.33. The average Bonchev–Trinajstić information content (AvgIpc) is 2.83. The molecule has 2 saturated heterocycles. The van der Waals surface area contributed by atoms with Gasteiger partial charge in [-0.3, -0.25) is 10.1 Å². The maximum absolute atomic E-state index is 12.0. The Kier molecular flexibility index (Phi) is 5.72. The minimum absolute atomic E-state index is 0. The molecule has 2 unspecified atom stereocenters. The van der Waals surface area contributed by atoms with E-state index in [0.29, 0.717) is 19.5 Å². The smallest absolute Gasteiger partial charge is 0.240 e. The number of amides is 1. The first-order valence-corrected chi connectivity index (χ1v) is 8.57. The van der Waals surface area contributed by atoms with Crippen LogP contribution in [0, 0.1) is 0 Å². The van der Waals surface area contributed by atoms with E-state index in [9.17, 15) is 13.2 Å². The molecule has 0 aliphatic carbocycles. The summed E-state index contributed by atoms with van der Waals surface area (Å²) in [6.45, 7) is 1.11. The largest absolute Gasteiger partial charge is 0.340 e. The molecule has 6 nitrogen and oxygen atoms in total. The second-order valence-electron chi connectivity index (χ2n) is 4.43. The van der Waals surface area contributed by atoms with Crippen molar-refractivity contribution in [2.24, 2.45) is 0 Å². The van der Waals surface area contributed by atoms with Gasteiger partial charge in [0, 0.05) is 30.8 Å². The number of carbonyl (C=O) groups excluding carboxylic acids is 1. The highest BCUT2D eigenvalue weighted by molar-refractivity contribution is 7.99. The zero-order valence-corrected chi connectivity index (χ0v) is 12.5. The van der Waals surface area contributed by atoms with Crippen molar-refractivity contribution in [1.29, 1.82) is 0 Å². The Morgan fingerprint density at radius 2 is 2.22 bits per heavy atom. The fraction of sp³-hybridized carbons (Fsp3) is 0.889. The van der Waals surface area contributed by atoms with Gasteiger partial charge in [0.25, 0.3) is 0 Å². The summed E-state index contributed by atoms with van der Waals surface area (Å²) in [6.07, 6.45) is 1.84. The number of sulfonamides is 1. The standard InChI is InChI=1S/C9H17N3O3S2.ClH/c1-17(14,15)11-7-2-3-12(4-7)9(13)8-5-16-6-10-8;/h7-8,10-11H,2-6H2,1H3;1H. The molecule has 9 heteroatoms. The first kappa shape index (κ1) is 16.0. The van der Waals surface area contributed by atoms with Crippen LogP contribution in [0.2, 0.25) is 0 Å². The van der Waals surface area contributed by atoms with Crippen LogP contribution >= 0.6 is 24.2 Å². The van der Waals surface area contributed by atoms with E-state index in [2.05, 4.69) is 10.0 Å². The molecule has 2 rings (SSSR count). The number of thioether (sulfide) groups is 1. The van der Waals surface area contributed by atoms with Gasteiger partial charge in [-0.15, -0.1) is 24.2 Å². The van der Waals surface area contributed by atoms with Crippen LogP contribution in [-0.2, 0) is 14.8 Å². The van der Waals surface area contributed by atoms with Crippen molar-refractivity contribution in [3.05, 3.63) is 0 Å². The van der Waals surface area contributed by atoms with Crippen LogP contribution in [0.4, 0.5) is 0 Å². The third kappa shape index (κ3) is 4.27. The van der Waals surface area contributed by atoms with Crippen LogP contribution in [0.5, 0.6) is 0 Å². The molecule has 2 fully saturated rings. The van der Waals surface area contributed by atoms with Gasteiger partial charge in [-0.25, -0.2) is 13.1 Å². The van der Waals surface area contributed by atoms with E-state index >= 15 is 0 Å². The molecular formula is C9H18ClN3O3S2. The predicted octanol–water partition coefficient (Wildman–Crippen LogP) is -0.779. The second kappa shape index (κ2) is 6.42. The maximum Gasteiger partial charge on any atom is 0.240 e. The summed E-state index contributed by atoms with van der Waals surface area (Å²) >= 11 is 1.71. The Hall–Kier alpha value is -0.0200. The van der Waals surface area contributed by atoms with E-state index in [1.165, 1.54) is 0 Å². The number of nitrogens with zero attached hydrogens (tertiary/aromatic N) is 1. The quantitative estimate of drug-likeness (QED) is 0.714. The minimum Gasteiger partial charge on any atom is -0.340 e. The molecule has 1 amide bonds. The van der Waals surface area contributed by atoms with E-state index in [4.69, 9.17) is 0 Å². The number of rotatable bonds is 3. The van der Waals surface area contributed by atoms with Crippen LogP contribution < -0.4 is 10.0 Å². The van der Waals surface area contributed by atoms with Crippen LogP contribution in [0.1, 0.15) is 6.42 Å². The van der Waals surface area contributed by atoms with Crippen molar-refractivity contribution in [3.8, 4) is 0 Å². The molecular weight excluding hydrogens is 298 g/mol. The van der Waals surface area contributed by atoms with E-state index < -0.39 is 10.0 Å². The summed E-state index contributed by atoms with van der Waals surface area (Å²) in [5, 5.41) is 3.13. The monoisotopic (exact) mass is 315 g/mol. The molecule has 106 valence electrons. The lowest BCUT2D eigenvalue weighted by Gasteiger charge is -2.20. The van der Waals surface area contributed by atoms with E-state index in [0.717, 1.165) is 17.9 Å². The number of likely N-dealkylation sites (tertiary alicyclic amines) is 1. The van der Waals surface area contributed by atoms with E-state index in [-0.39, 0.29) is 30.4 Å². The van der Waals surface area contributed by atoms with Gasteiger partial charge in [-0.2, -0.15) is 0 Å². The molecule has 0 bridgehead atoms. The number of hydrogen-bond acceptors (Lipinski definition) is 5. The lowest BCUT2D eigenvalue weighted by atomic mass is 10.3. The topological polar surface area (TPSA) is 78.5 Å². The molecule has 2 heterocycles. The second-order valence-corrected chi connectivity index (χ2v) is 7.24. The summed E-state index contributed by atoms with van der Waals surface area (Å²) in [7, 11) is -3.18. The predicted molar refractivity (Wildman–Crippen MR) is 74.5 cm³/mol. The number of carbonyl (C=O) groups is 1. The Labute approximate surface area is 118 Å². The molecule has 0 aromatic carbocycles. The molecule has 0 saturated carbocycles. The Morgan fingerprint density at radius 3 is 2.78 bits per heavy atom. The highest BCUT2D eigenvalue weighted by atomic mass is 35.5. The molecule has 0 aromatic heterocycles. The molecule has 0 radical (unpaired) electrons. The SMILES string of the molecule is CS(=O)(=O)NC1CCN(C(=O)C2CSCN2)C1.Cl. The zero-order valence-electron chi connectivity index (χ0n) is 10.1. The molecule has 2 atom stereocenters. The zero-order chi connectivity index (χ0) is 12.5. The molecule has 2 aliphatic rings. The fourth-order valence-corrected chi connectivity index (χ4v) is 3.86. The van der Waals surface area contributed by atoms with Crippen molar-refractivity contribution in [1.82, 2.24) is 14.9 Å². The Morgan fingerprint density at radius 1 is 1.50 bits per heavy atom. The number of nitrogens with one attached hydrogen (secondary N) is 2. The third-order valence-corrected chi connectivity index (χ3v) is 4.60. The van der Waals surface area contributed by atoms with Crippen LogP contribution in [-0.4, -0.2) is 62.3 Å². The summed E-state index contributed by atoms with van der Waals surface area (Å²) in [5.41, 5.74) is 0. The Balaban J connectivity index is 0.00000162. The minimum atomic E-state index is -3.18. The number of hydrogen-bond donors (Lipinski definition) is 2. The van der Waals surface area contributed by atoms with Crippen LogP contribution in [0.25, 0.3) is 0 Å². The van der Waals surface area contributed by atoms with E-state index in [1.807, 2.05) is 0 Å². The highest BCUT2D eigenvalue weighted by Crippen LogP contribution is 2.16. The summed E-state index contributed by atoms with van der Waals surface area (Å²) < 4.78 is 24.7. The van der Waals surface area contributed by atoms with Gasteiger partial charge >= 0.3 is 0 Å². The van der Waals surface area contributed by atoms with Gasteiger partial charge < -0.3 is 4.90 Å². The van der Waals surface area contributed by atoms with Gasteiger partial charge in [-0.05, 0) is 6.42 Å². The van der Waals surface area contributed by atoms with Crippen LogP contribution in [0.3, 0.4) is 0 Å². The lowest BCUT2D eigenvalue weighted by Crippen LogP contribution is -2.45. The molecule has 0 aromatic rings. The van der Waals surface area contributed by atoms with Gasteiger partial charge in [0.2, 0.25) is 15.9 Å². The molecule has 2 aliphatic heterocycles. The molecule has 18 heavy (non-hydrogen) atoms. The van der Waals surface area contributed by atoms with Crippen LogP contribution in [0.15, 0.2) is 0 Å². The van der Waals surface area contributed by atoms with Crippen molar-refractivity contribution < 1.29 is 13.2 Å². The number of halogens is 1. The normalized spacial score (nSPS) is 28.2. The molecule has 0 spiro atoms. The molecule has 2 N–H and O–H groups in total. The summed E-state index contributed by atoms with van der Waals surface area (Å²) in [6, 6.07) is -0.236.